The fourth-order valence-electron chi connectivity index (χ4n) is 1.63. The quantitative estimate of drug-likeness (QED) is 0.849. The smallest absolute Gasteiger partial charge is 0.197 e. The standard InChI is InChI=1S/C10H19N3O2S/c1-4-6-13-10(9(11)8(3)12-13)16(14,15)7-5-2/h4-7,11H2,1-3H3. The highest BCUT2D eigenvalue weighted by Gasteiger charge is 2.24. The fourth-order valence-corrected chi connectivity index (χ4v) is 3.30. The Bertz CT molecular complexity index is 463. The second-order valence-corrected chi connectivity index (χ2v) is 5.87. The molecule has 92 valence electrons. The molecule has 0 unspecified atom stereocenters. The highest BCUT2D eigenvalue weighted by Crippen LogP contribution is 2.23. The highest BCUT2D eigenvalue weighted by molar-refractivity contribution is 7.91. The maximum absolute atomic E-state index is 12.0. The normalized spacial score (nSPS) is 11.9. The van der Waals surface area contributed by atoms with Gasteiger partial charge in [0.25, 0.3) is 0 Å². The minimum Gasteiger partial charge on any atom is -0.395 e. The molecule has 0 bridgehead atoms. The molecule has 1 rings (SSSR count). The zero-order valence-corrected chi connectivity index (χ0v) is 10.8. The van der Waals surface area contributed by atoms with Crippen molar-refractivity contribution in [2.75, 3.05) is 11.5 Å². The summed E-state index contributed by atoms with van der Waals surface area (Å²) in [5.41, 5.74) is 6.67. The Morgan fingerprint density at radius 3 is 2.44 bits per heavy atom. The summed E-state index contributed by atoms with van der Waals surface area (Å²) in [7, 11) is -3.30. The van der Waals surface area contributed by atoms with Gasteiger partial charge in [-0.2, -0.15) is 5.10 Å². The van der Waals surface area contributed by atoms with E-state index in [-0.39, 0.29) is 10.8 Å². The van der Waals surface area contributed by atoms with E-state index in [1.54, 1.807) is 6.92 Å². The third-order valence-electron chi connectivity index (χ3n) is 2.33. The highest BCUT2D eigenvalue weighted by atomic mass is 32.2. The second kappa shape index (κ2) is 4.86. The summed E-state index contributed by atoms with van der Waals surface area (Å²) < 4.78 is 25.6. The van der Waals surface area contributed by atoms with Gasteiger partial charge in [-0.15, -0.1) is 0 Å². The largest absolute Gasteiger partial charge is 0.395 e. The molecule has 0 aliphatic rings. The van der Waals surface area contributed by atoms with Gasteiger partial charge in [0.1, 0.15) is 0 Å². The van der Waals surface area contributed by atoms with E-state index in [0.29, 0.717) is 24.3 Å². The molecule has 0 aromatic carbocycles. The topological polar surface area (TPSA) is 78.0 Å². The zero-order valence-electron chi connectivity index (χ0n) is 10.0. The molecule has 1 aromatic rings. The number of aryl methyl sites for hydroxylation is 2. The van der Waals surface area contributed by atoms with Gasteiger partial charge in [0.2, 0.25) is 0 Å². The molecule has 0 aliphatic carbocycles. The van der Waals surface area contributed by atoms with Crippen LogP contribution in [0.1, 0.15) is 32.4 Å². The number of nitrogen functional groups attached to an aromatic ring is 1. The molecule has 6 heteroatoms. The van der Waals surface area contributed by atoms with Gasteiger partial charge in [0.15, 0.2) is 14.9 Å². The van der Waals surface area contributed by atoms with E-state index in [4.69, 9.17) is 5.73 Å². The first-order valence-electron chi connectivity index (χ1n) is 5.49. The zero-order chi connectivity index (χ0) is 12.3. The lowest BCUT2D eigenvalue weighted by Crippen LogP contribution is -2.15. The summed E-state index contributed by atoms with van der Waals surface area (Å²) in [6, 6.07) is 0. The van der Waals surface area contributed by atoms with Crippen molar-refractivity contribution in [3.05, 3.63) is 5.69 Å². The van der Waals surface area contributed by atoms with Crippen molar-refractivity contribution < 1.29 is 8.42 Å². The van der Waals surface area contributed by atoms with Crippen LogP contribution in [0.25, 0.3) is 0 Å². The van der Waals surface area contributed by atoms with Crippen LogP contribution in [-0.2, 0) is 16.4 Å². The Morgan fingerprint density at radius 2 is 1.94 bits per heavy atom. The summed E-state index contributed by atoms with van der Waals surface area (Å²) in [5, 5.41) is 4.35. The average Bonchev–Trinajstić information content (AvgIpc) is 2.43. The Labute approximate surface area is 96.6 Å². The molecule has 0 saturated carbocycles. The average molecular weight is 245 g/mol. The van der Waals surface area contributed by atoms with Crippen molar-refractivity contribution >= 4 is 15.5 Å². The number of aromatic nitrogens is 2. The van der Waals surface area contributed by atoms with Crippen LogP contribution in [0.15, 0.2) is 5.03 Å². The number of rotatable bonds is 5. The molecule has 0 atom stereocenters. The Balaban J connectivity index is 3.30. The van der Waals surface area contributed by atoms with Gasteiger partial charge in [0.05, 0.1) is 17.1 Å². The predicted molar refractivity (Wildman–Crippen MR) is 64.0 cm³/mol. The molecule has 1 aromatic heterocycles. The summed E-state index contributed by atoms with van der Waals surface area (Å²) in [6.07, 6.45) is 1.41. The first kappa shape index (κ1) is 13.0. The molecule has 1 heterocycles. The van der Waals surface area contributed by atoms with Gasteiger partial charge in [0, 0.05) is 6.54 Å². The summed E-state index contributed by atoms with van der Waals surface area (Å²) in [4.78, 5) is 0. The molecule has 5 nitrogen and oxygen atoms in total. The SMILES string of the molecule is CCCn1nc(C)c(N)c1S(=O)(=O)CCC. The molecule has 0 radical (unpaired) electrons. The van der Waals surface area contributed by atoms with E-state index in [1.807, 2.05) is 13.8 Å². The third kappa shape index (κ3) is 2.37. The number of sulfone groups is 1. The first-order chi connectivity index (χ1) is 7.44. The first-order valence-corrected chi connectivity index (χ1v) is 7.14. The maximum atomic E-state index is 12.0. The molecule has 16 heavy (non-hydrogen) atoms. The van der Waals surface area contributed by atoms with Gasteiger partial charge in [-0.05, 0) is 19.8 Å². The molecular weight excluding hydrogens is 226 g/mol. The van der Waals surface area contributed by atoms with Gasteiger partial charge in [-0.25, -0.2) is 8.42 Å². The van der Waals surface area contributed by atoms with Gasteiger partial charge in [-0.1, -0.05) is 13.8 Å². The minimum atomic E-state index is -3.30. The Hall–Kier alpha value is -1.04. The molecule has 0 amide bonds. The van der Waals surface area contributed by atoms with Crippen molar-refractivity contribution in [2.24, 2.45) is 0 Å². The molecule has 0 saturated heterocycles. The van der Waals surface area contributed by atoms with Crippen molar-refractivity contribution in [1.29, 1.82) is 0 Å². The second-order valence-electron chi connectivity index (χ2n) is 3.85. The van der Waals surface area contributed by atoms with E-state index >= 15 is 0 Å². The van der Waals surface area contributed by atoms with Crippen molar-refractivity contribution in [3.8, 4) is 0 Å². The van der Waals surface area contributed by atoms with Crippen LogP contribution in [0, 0.1) is 6.92 Å². The van der Waals surface area contributed by atoms with E-state index in [1.165, 1.54) is 4.68 Å². The predicted octanol–water partition coefficient (Wildman–Crippen LogP) is 1.37. The molecular formula is C10H19N3O2S. The molecule has 0 spiro atoms. The van der Waals surface area contributed by atoms with E-state index < -0.39 is 9.84 Å². The molecule has 2 N–H and O–H groups in total. The minimum absolute atomic E-state index is 0.117. The lowest BCUT2D eigenvalue weighted by molar-refractivity contribution is 0.529. The third-order valence-corrected chi connectivity index (χ3v) is 4.29. The van der Waals surface area contributed by atoms with Gasteiger partial charge >= 0.3 is 0 Å². The number of nitrogens with two attached hydrogens (primary N) is 1. The van der Waals surface area contributed by atoms with E-state index in [2.05, 4.69) is 5.10 Å². The monoisotopic (exact) mass is 245 g/mol. The number of hydrogen-bond acceptors (Lipinski definition) is 4. The Kier molecular flexibility index (Phi) is 3.96. The van der Waals surface area contributed by atoms with Gasteiger partial charge < -0.3 is 5.73 Å². The van der Waals surface area contributed by atoms with Crippen LogP contribution in [0.2, 0.25) is 0 Å². The number of hydrogen-bond donors (Lipinski definition) is 1. The van der Waals surface area contributed by atoms with Crippen molar-refractivity contribution in [1.82, 2.24) is 9.78 Å². The maximum Gasteiger partial charge on any atom is 0.197 e. The van der Waals surface area contributed by atoms with Crippen molar-refractivity contribution in [2.45, 2.75) is 45.2 Å². The van der Waals surface area contributed by atoms with Crippen LogP contribution in [0.4, 0.5) is 5.69 Å². The van der Waals surface area contributed by atoms with Gasteiger partial charge in [-0.3, -0.25) is 4.68 Å². The summed E-state index contributed by atoms with van der Waals surface area (Å²) in [5.74, 6) is 0.117. The van der Waals surface area contributed by atoms with Crippen LogP contribution < -0.4 is 5.73 Å². The summed E-state index contributed by atoms with van der Waals surface area (Å²) in [6.45, 7) is 6.12. The number of nitrogens with zero attached hydrogens (tertiary/aromatic N) is 2. The molecule has 0 fully saturated rings. The summed E-state index contributed by atoms with van der Waals surface area (Å²) >= 11 is 0. The van der Waals surface area contributed by atoms with Crippen LogP contribution in [-0.4, -0.2) is 24.0 Å². The fraction of sp³-hybridized carbons (Fsp3) is 0.700. The van der Waals surface area contributed by atoms with E-state index in [0.717, 1.165) is 6.42 Å². The van der Waals surface area contributed by atoms with Crippen LogP contribution >= 0.6 is 0 Å². The van der Waals surface area contributed by atoms with Crippen molar-refractivity contribution in [3.63, 3.8) is 0 Å². The lowest BCUT2D eigenvalue weighted by Gasteiger charge is -2.07. The lowest BCUT2D eigenvalue weighted by atomic mass is 10.4. The number of anilines is 1. The molecule has 0 aliphatic heterocycles. The Morgan fingerprint density at radius 1 is 1.31 bits per heavy atom. The van der Waals surface area contributed by atoms with E-state index in [9.17, 15) is 8.42 Å². The van der Waals surface area contributed by atoms with Crippen LogP contribution in [0.5, 0.6) is 0 Å². The van der Waals surface area contributed by atoms with Crippen LogP contribution in [0.3, 0.4) is 0 Å².